The zero-order valence-electron chi connectivity index (χ0n) is 13.0. The fraction of sp³-hybridized carbons (Fsp3) is 0.176. The van der Waals surface area contributed by atoms with E-state index in [9.17, 15) is 9.90 Å². The van der Waals surface area contributed by atoms with Crippen LogP contribution >= 0.6 is 0 Å². The molecule has 1 aromatic carbocycles. The van der Waals surface area contributed by atoms with Crippen molar-refractivity contribution in [3.63, 3.8) is 0 Å². The van der Waals surface area contributed by atoms with Crippen molar-refractivity contribution in [2.75, 3.05) is 14.2 Å². The molecule has 0 aliphatic heterocycles. The number of hydrogen-bond acceptors (Lipinski definition) is 4. The highest BCUT2D eigenvalue weighted by atomic mass is 16.5. The fourth-order valence-corrected chi connectivity index (χ4v) is 2.55. The van der Waals surface area contributed by atoms with Crippen LogP contribution in [0, 0.1) is 6.92 Å². The Labute approximate surface area is 132 Å². The number of carbonyl (C=O) groups is 1. The van der Waals surface area contributed by atoms with E-state index in [0.717, 1.165) is 5.56 Å². The first kappa shape index (κ1) is 14.9. The van der Waals surface area contributed by atoms with Crippen molar-refractivity contribution in [1.29, 1.82) is 0 Å². The maximum absolute atomic E-state index is 11.8. The molecule has 0 aliphatic carbocycles. The molecule has 2 aromatic heterocycles. The van der Waals surface area contributed by atoms with Gasteiger partial charge in [-0.1, -0.05) is 6.07 Å². The van der Waals surface area contributed by atoms with Gasteiger partial charge in [0.1, 0.15) is 22.8 Å². The minimum absolute atomic E-state index is 0.110. The summed E-state index contributed by atoms with van der Waals surface area (Å²) in [6.45, 7) is 1.89. The number of ether oxygens (including phenoxy) is 2. The van der Waals surface area contributed by atoms with Gasteiger partial charge in [-0.05, 0) is 30.7 Å². The Balaban J connectivity index is 2.34. The van der Waals surface area contributed by atoms with Crippen molar-refractivity contribution in [1.82, 2.24) is 9.38 Å². The second-order valence-electron chi connectivity index (χ2n) is 5.10. The first-order chi connectivity index (χ1) is 11.0. The van der Waals surface area contributed by atoms with Crippen LogP contribution in [0.5, 0.6) is 11.5 Å². The molecular weight excluding hydrogens is 296 g/mol. The average molecular weight is 312 g/mol. The van der Waals surface area contributed by atoms with Crippen LogP contribution in [0.3, 0.4) is 0 Å². The quantitative estimate of drug-likeness (QED) is 0.801. The molecule has 6 heteroatoms. The van der Waals surface area contributed by atoms with Crippen LogP contribution in [-0.2, 0) is 0 Å². The molecule has 2 heterocycles. The second-order valence-corrected chi connectivity index (χ2v) is 5.10. The van der Waals surface area contributed by atoms with Crippen molar-refractivity contribution in [2.24, 2.45) is 0 Å². The third-order valence-electron chi connectivity index (χ3n) is 3.67. The molecule has 3 rings (SSSR count). The third-order valence-corrected chi connectivity index (χ3v) is 3.67. The lowest BCUT2D eigenvalue weighted by Crippen LogP contribution is -2.03. The van der Waals surface area contributed by atoms with Gasteiger partial charge in [0.15, 0.2) is 5.69 Å². The Morgan fingerprint density at radius 2 is 1.83 bits per heavy atom. The predicted octanol–water partition coefficient (Wildman–Crippen LogP) is 3.03. The summed E-state index contributed by atoms with van der Waals surface area (Å²) in [4.78, 5) is 16.3. The number of pyridine rings is 1. The molecule has 0 unspecified atom stereocenters. The standard InChI is InChI=1S/C17H16N2O4/c1-10-5-4-6-19-15(17(20)21)14(18-16(10)19)11-7-12(22-2)9-13(8-11)23-3/h4-9H,1-3H3,(H,20,21). The molecule has 0 saturated heterocycles. The summed E-state index contributed by atoms with van der Waals surface area (Å²) >= 11 is 0. The minimum Gasteiger partial charge on any atom is -0.497 e. The number of benzene rings is 1. The lowest BCUT2D eigenvalue weighted by Gasteiger charge is -2.07. The predicted molar refractivity (Wildman–Crippen MR) is 85.4 cm³/mol. The van der Waals surface area contributed by atoms with Gasteiger partial charge in [-0.2, -0.15) is 0 Å². The van der Waals surface area contributed by atoms with Gasteiger partial charge in [0, 0.05) is 17.8 Å². The Morgan fingerprint density at radius 3 is 2.39 bits per heavy atom. The van der Waals surface area contributed by atoms with Gasteiger partial charge in [0.05, 0.1) is 14.2 Å². The molecule has 0 radical (unpaired) electrons. The molecule has 0 spiro atoms. The van der Waals surface area contributed by atoms with E-state index in [1.165, 1.54) is 0 Å². The Kier molecular flexibility index (Phi) is 3.65. The molecule has 0 fully saturated rings. The monoisotopic (exact) mass is 312 g/mol. The first-order valence-corrected chi connectivity index (χ1v) is 6.99. The van der Waals surface area contributed by atoms with Crippen LogP contribution in [0.25, 0.3) is 16.9 Å². The van der Waals surface area contributed by atoms with Gasteiger partial charge in [0.25, 0.3) is 0 Å². The topological polar surface area (TPSA) is 73.1 Å². The van der Waals surface area contributed by atoms with Gasteiger partial charge >= 0.3 is 5.97 Å². The first-order valence-electron chi connectivity index (χ1n) is 6.99. The van der Waals surface area contributed by atoms with Crippen LogP contribution in [0.15, 0.2) is 36.5 Å². The SMILES string of the molecule is COc1cc(OC)cc(-c2nc3c(C)cccn3c2C(=O)O)c1. The summed E-state index contributed by atoms with van der Waals surface area (Å²) < 4.78 is 12.1. The highest BCUT2D eigenvalue weighted by Gasteiger charge is 2.21. The van der Waals surface area contributed by atoms with Gasteiger partial charge in [-0.3, -0.25) is 4.40 Å². The number of imidazole rings is 1. The van der Waals surface area contributed by atoms with Crippen LogP contribution in [0.2, 0.25) is 0 Å². The molecule has 1 N–H and O–H groups in total. The largest absolute Gasteiger partial charge is 0.497 e. The molecule has 0 aliphatic rings. The van der Waals surface area contributed by atoms with Crippen LogP contribution in [-0.4, -0.2) is 34.7 Å². The Hall–Kier alpha value is -3.02. The second kappa shape index (κ2) is 5.64. The van der Waals surface area contributed by atoms with Crippen LogP contribution < -0.4 is 9.47 Å². The zero-order chi connectivity index (χ0) is 16.6. The number of aryl methyl sites for hydroxylation is 1. The van der Waals surface area contributed by atoms with Crippen LogP contribution in [0.4, 0.5) is 0 Å². The van der Waals surface area contributed by atoms with Gasteiger partial charge in [-0.25, -0.2) is 9.78 Å². The lowest BCUT2D eigenvalue weighted by molar-refractivity contribution is 0.0690. The summed E-state index contributed by atoms with van der Waals surface area (Å²) in [5.74, 6) is 0.105. The zero-order valence-corrected chi connectivity index (χ0v) is 13.0. The smallest absolute Gasteiger partial charge is 0.355 e. The number of aromatic nitrogens is 2. The van der Waals surface area contributed by atoms with Crippen molar-refractivity contribution in [3.05, 3.63) is 47.8 Å². The van der Waals surface area contributed by atoms with E-state index >= 15 is 0 Å². The number of fused-ring (bicyclic) bond motifs is 1. The normalized spacial score (nSPS) is 10.7. The number of aromatic carboxylic acids is 1. The highest BCUT2D eigenvalue weighted by molar-refractivity contribution is 5.95. The molecule has 23 heavy (non-hydrogen) atoms. The van der Waals surface area contributed by atoms with E-state index in [1.807, 2.05) is 13.0 Å². The number of carboxylic acid groups (broad SMARTS) is 1. The highest BCUT2D eigenvalue weighted by Crippen LogP contribution is 2.32. The lowest BCUT2D eigenvalue weighted by atomic mass is 10.1. The molecule has 0 amide bonds. The number of rotatable bonds is 4. The van der Waals surface area contributed by atoms with E-state index < -0.39 is 5.97 Å². The van der Waals surface area contributed by atoms with Gasteiger partial charge in [-0.15, -0.1) is 0 Å². The van der Waals surface area contributed by atoms with E-state index in [0.29, 0.717) is 28.4 Å². The van der Waals surface area contributed by atoms with E-state index in [-0.39, 0.29) is 5.69 Å². The number of carboxylic acids is 1. The van der Waals surface area contributed by atoms with Crippen molar-refractivity contribution in [3.8, 4) is 22.8 Å². The summed E-state index contributed by atoms with van der Waals surface area (Å²) in [6, 6.07) is 8.90. The summed E-state index contributed by atoms with van der Waals surface area (Å²) in [5, 5.41) is 9.63. The van der Waals surface area contributed by atoms with Crippen molar-refractivity contribution in [2.45, 2.75) is 6.92 Å². The molecular formula is C17H16N2O4. The molecule has 0 bridgehead atoms. The Bertz CT molecular complexity index is 877. The summed E-state index contributed by atoms with van der Waals surface area (Å²) in [5.41, 5.74) is 2.63. The van der Waals surface area contributed by atoms with Gasteiger partial charge < -0.3 is 14.6 Å². The fourth-order valence-electron chi connectivity index (χ4n) is 2.55. The van der Waals surface area contributed by atoms with E-state index in [2.05, 4.69) is 4.98 Å². The maximum atomic E-state index is 11.8. The molecule has 3 aromatic rings. The average Bonchev–Trinajstić information content (AvgIpc) is 2.95. The summed E-state index contributed by atoms with van der Waals surface area (Å²) in [6.07, 6.45) is 1.69. The Morgan fingerprint density at radius 1 is 1.17 bits per heavy atom. The van der Waals surface area contributed by atoms with Crippen LogP contribution in [0.1, 0.15) is 16.1 Å². The molecule has 118 valence electrons. The number of methoxy groups -OCH3 is 2. The van der Waals surface area contributed by atoms with Crippen molar-refractivity contribution < 1.29 is 19.4 Å². The van der Waals surface area contributed by atoms with Crippen molar-refractivity contribution >= 4 is 11.6 Å². The molecule has 0 saturated carbocycles. The number of nitrogens with zero attached hydrogens (tertiary/aromatic N) is 2. The molecule has 0 atom stereocenters. The maximum Gasteiger partial charge on any atom is 0.355 e. The summed E-state index contributed by atoms with van der Waals surface area (Å²) in [7, 11) is 3.09. The third kappa shape index (κ3) is 2.48. The van der Waals surface area contributed by atoms with E-state index in [4.69, 9.17) is 9.47 Å². The van der Waals surface area contributed by atoms with Gasteiger partial charge in [0.2, 0.25) is 0 Å². The molecule has 6 nitrogen and oxygen atoms in total. The number of hydrogen-bond donors (Lipinski definition) is 1. The van der Waals surface area contributed by atoms with E-state index in [1.54, 1.807) is 49.1 Å². The minimum atomic E-state index is -1.04.